The lowest BCUT2D eigenvalue weighted by molar-refractivity contribution is -0.0592. The van der Waals surface area contributed by atoms with E-state index in [2.05, 4.69) is 24.8 Å². The summed E-state index contributed by atoms with van der Waals surface area (Å²) in [4.78, 5) is 29.7. The molecule has 2 fully saturated rings. The summed E-state index contributed by atoms with van der Waals surface area (Å²) in [6, 6.07) is 11.9. The fraction of sp³-hybridized carbons (Fsp3) is 0.472. The molecule has 2 aliphatic heterocycles. The highest BCUT2D eigenvalue weighted by molar-refractivity contribution is 5.97. The van der Waals surface area contributed by atoms with Crippen molar-refractivity contribution in [2.75, 3.05) is 26.3 Å². The third kappa shape index (κ3) is 7.65. The monoisotopic (exact) mass is 655 g/mol. The van der Waals surface area contributed by atoms with Crippen LogP contribution in [0.15, 0.2) is 48.8 Å². The summed E-state index contributed by atoms with van der Waals surface area (Å²) in [6.07, 6.45) is 7.41. The smallest absolute Gasteiger partial charge is 0.251 e. The Balaban J connectivity index is 1.11. The Morgan fingerprint density at radius 3 is 2.69 bits per heavy atom. The SMILES string of the molecule is CCC(C)(CCO)NC(=O)c1ccc2nc(CN3CCC(c4cncc(OCc5ccc(C#N)cc5F)n4)CC3)n(CC3CCO3)c2c1. The lowest BCUT2D eigenvalue weighted by Crippen LogP contribution is -2.46. The molecule has 48 heavy (non-hydrogen) atoms. The van der Waals surface area contributed by atoms with Crippen molar-refractivity contribution in [1.29, 1.82) is 5.26 Å². The molecule has 2 aliphatic rings. The zero-order valence-electron chi connectivity index (χ0n) is 27.5. The molecule has 0 radical (unpaired) electrons. The Kier molecular flexibility index (Phi) is 10.3. The van der Waals surface area contributed by atoms with Gasteiger partial charge in [0, 0.05) is 42.0 Å². The highest BCUT2D eigenvalue weighted by Gasteiger charge is 2.28. The van der Waals surface area contributed by atoms with E-state index in [9.17, 15) is 14.3 Å². The minimum atomic E-state index is -0.487. The van der Waals surface area contributed by atoms with Gasteiger partial charge in [-0.05, 0) is 82.4 Å². The van der Waals surface area contributed by atoms with E-state index in [0.29, 0.717) is 42.9 Å². The van der Waals surface area contributed by atoms with Gasteiger partial charge in [-0.2, -0.15) is 5.26 Å². The van der Waals surface area contributed by atoms with Gasteiger partial charge in [-0.25, -0.2) is 14.4 Å². The first-order valence-corrected chi connectivity index (χ1v) is 16.7. The van der Waals surface area contributed by atoms with E-state index in [4.69, 9.17) is 19.7 Å². The van der Waals surface area contributed by atoms with Crippen LogP contribution in [0.4, 0.5) is 4.39 Å². The highest BCUT2D eigenvalue weighted by Crippen LogP contribution is 2.30. The third-order valence-electron chi connectivity index (χ3n) is 9.69. The van der Waals surface area contributed by atoms with Crippen LogP contribution in [-0.2, 0) is 24.4 Å². The second-order valence-electron chi connectivity index (χ2n) is 13.0. The Morgan fingerprint density at radius 1 is 1.19 bits per heavy atom. The topological polar surface area (TPSA) is 138 Å². The van der Waals surface area contributed by atoms with Crippen LogP contribution < -0.4 is 10.1 Å². The minimum Gasteiger partial charge on any atom is -0.472 e. The standard InChI is InChI=1S/C36H42FN7O4/c1-3-36(2,11-14-45)42-35(46)26-6-7-30-32(17-26)44(21-28-10-15-47-28)33(40-30)22-43-12-8-25(9-13-43)31-19-39-20-34(41-31)48-23-27-5-4-24(18-38)16-29(27)37/h4-7,16-17,19-20,25,28,45H,3,8-15,21-23H2,1-2H3,(H,42,46). The molecule has 1 amide bonds. The molecular weight excluding hydrogens is 613 g/mol. The molecule has 6 rings (SSSR count). The first-order chi connectivity index (χ1) is 23.3. The molecule has 0 spiro atoms. The second-order valence-corrected chi connectivity index (χ2v) is 13.0. The number of nitrogens with zero attached hydrogens (tertiary/aromatic N) is 6. The average molecular weight is 656 g/mol. The van der Waals surface area contributed by atoms with Gasteiger partial charge in [-0.1, -0.05) is 13.0 Å². The van der Waals surface area contributed by atoms with Gasteiger partial charge in [-0.3, -0.25) is 14.7 Å². The molecule has 2 unspecified atom stereocenters. The van der Waals surface area contributed by atoms with Gasteiger partial charge in [-0.15, -0.1) is 0 Å². The molecule has 0 saturated carbocycles. The summed E-state index contributed by atoms with van der Waals surface area (Å²) in [5.74, 6) is 0.850. The van der Waals surface area contributed by atoms with Crippen LogP contribution in [0.1, 0.15) is 84.9 Å². The number of amides is 1. The summed E-state index contributed by atoms with van der Waals surface area (Å²) < 4.78 is 28.1. The second kappa shape index (κ2) is 14.8. The van der Waals surface area contributed by atoms with Crippen LogP contribution in [-0.4, -0.2) is 73.4 Å². The lowest BCUT2D eigenvalue weighted by Gasteiger charge is -2.32. The van der Waals surface area contributed by atoms with E-state index in [-0.39, 0.29) is 36.7 Å². The molecule has 12 heteroatoms. The molecular formula is C36H42FN7O4. The number of benzene rings is 2. The number of aliphatic hydroxyl groups excluding tert-OH is 1. The molecule has 2 atom stereocenters. The van der Waals surface area contributed by atoms with Crippen molar-refractivity contribution in [2.45, 2.75) is 83.2 Å². The van der Waals surface area contributed by atoms with Crippen LogP contribution >= 0.6 is 0 Å². The number of aromatic nitrogens is 4. The number of imidazole rings is 1. The Bertz CT molecular complexity index is 1790. The number of carbonyl (C=O) groups is 1. The van der Waals surface area contributed by atoms with E-state index in [1.165, 1.54) is 12.3 Å². The summed E-state index contributed by atoms with van der Waals surface area (Å²) in [5.41, 5.74) is 3.31. The first-order valence-electron chi connectivity index (χ1n) is 16.7. The normalized spacial score (nSPS) is 18.2. The maximum absolute atomic E-state index is 14.3. The van der Waals surface area contributed by atoms with Gasteiger partial charge in [0.2, 0.25) is 5.88 Å². The summed E-state index contributed by atoms with van der Waals surface area (Å²) in [7, 11) is 0. The van der Waals surface area contributed by atoms with Crippen LogP contribution in [0.25, 0.3) is 11.0 Å². The van der Waals surface area contributed by atoms with Crippen LogP contribution in [0.3, 0.4) is 0 Å². The fourth-order valence-corrected chi connectivity index (χ4v) is 6.29. The van der Waals surface area contributed by atoms with Crippen molar-refractivity contribution in [1.82, 2.24) is 29.7 Å². The maximum Gasteiger partial charge on any atom is 0.251 e. The number of likely N-dealkylation sites (tertiary alicyclic amines) is 1. The molecule has 252 valence electrons. The number of aliphatic hydroxyl groups is 1. The minimum absolute atomic E-state index is 0.00494. The zero-order valence-corrected chi connectivity index (χ0v) is 27.5. The molecule has 0 aliphatic carbocycles. The van der Waals surface area contributed by atoms with Crippen molar-refractivity contribution in [3.05, 3.63) is 82.8 Å². The Morgan fingerprint density at radius 2 is 2.00 bits per heavy atom. The number of halogens is 1. The zero-order chi connectivity index (χ0) is 33.7. The molecule has 4 aromatic rings. The fourth-order valence-electron chi connectivity index (χ4n) is 6.29. The van der Waals surface area contributed by atoms with E-state index >= 15 is 0 Å². The van der Waals surface area contributed by atoms with E-state index < -0.39 is 11.4 Å². The summed E-state index contributed by atoms with van der Waals surface area (Å²) in [6.45, 7) is 7.78. The van der Waals surface area contributed by atoms with Gasteiger partial charge in [0.1, 0.15) is 18.2 Å². The first kappa shape index (κ1) is 33.5. The quantitative estimate of drug-likeness (QED) is 0.207. The Hall–Kier alpha value is -4.44. The third-order valence-corrected chi connectivity index (χ3v) is 9.69. The predicted molar refractivity (Wildman–Crippen MR) is 177 cm³/mol. The number of nitrogens with one attached hydrogen (secondary N) is 1. The summed E-state index contributed by atoms with van der Waals surface area (Å²) >= 11 is 0. The van der Waals surface area contributed by atoms with Gasteiger partial charge < -0.3 is 24.5 Å². The van der Waals surface area contributed by atoms with Gasteiger partial charge >= 0.3 is 0 Å². The van der Waals surface area contributed by atoms with Gasteiger partial charge in [0.25, 0.3) is 5.91 Å². The van der Waals surface area contributed by atoms with Crippen LogP contribution in [0.5, 0.6) is 5.88 Å². The number of fused-ring (bicyclic) bond motifs is 1. The van der Waals surface area contributed by atoms with Gasteiger partial charge in [0.05, 0.1) is 53.8 Å². The van der Waals surface area contributed by atoms with Crippen molar-refractivity contribution in [3.63, 3.8) is 0 Å². The van der Waals surface area contributed by atoms with Crippen molar-refractivity contribution < 1.29 is 23.8 Å². The number of rotatable bonds is 13. The number of nitriles is 1. The van der Waals surface area contributed by atoms with Crippen molar-refractivity contribution in [3.8, 4) is 11.9 Å². The van der Waals surface area contributed by atoms with Crippen molar-refractivity contribution >= 4 is 16.9 Å². The van der Waals surface area contributed by atoms with E-state index in [0.717, 1.165) is 61.5 Å². The van der Waals surface area contributed by atoms with Crippen LogP contribution in [0, 0.1) is 17.1 Å². The maximum atomic E-state index is 14.3. The molecule has 2 aromatic carbocycles. The average Bonchev–Trinajstić information content (AvgIpc) is 3.41. The number of hydrogen-bond donors (Lipinski definition) is 2. The molecule has 4 heterocycles. The van der Waals surface area contributed by atoms with E-state index in [1.807, 2.05) is 38.1 Å². The summed E-state index contributed by atoms with van der Waals surface area (Å²) in [5, 5.41) is 21.6. The van der Waals surface area contributed by atoms with E-state index in [1.54, 1.807) is 18.3 Å². The number of piperidine rings is 1. The lowest BCUT2D eigenvalue weighted by atomic mass is 9.94. The Labute approximate surface area is 279 Å². The molecule has 0 bridgehead atoms. The number of carbonyl (C=O) groups excluding carboxylic acids is 1. The highest BCUT2D eigenvalue weighted by atomic mass is 19.1. The molecule has 2 aromatic heterocycles. The molecule has 2 saturated heterocycles. The number of ether oxygens (including phenoxy) is 2. The predicted octanol–water partition coefficient (Wildman–Crippen LogP) is 4.87. The molecule has 11 nitrogen and oxygen atoms in total. The molecule has 2 N–H and O–H groups in total. The van der Waals surface area contributed by atoms with Gasteiger partial charge in [0.15, 0.2) is 0 Å². The number of hydrogen-bond acceptors (Lipinski definition) is 9. The van der Waals surface area contributed by atoms with Crippen molar-refractivity contribution in [2.24, 2.45) is 0 Å². The largest absolute Gasteiger partial charge is 0.472 e. The van der Waals surface area contributed by atoms with Crippen LogP contribution in [0.2, 0.25) is 0 Å².